The van der Waals surface area contributed by atoms with E-state index in [2.05, 4.69) is 35.3 Å². The molecule has 0 saturated heterocycles. The van der Waals surface area contributed by atoms with Gasteiger partial charge in [0.15, 0.2) is 0 Å². The largest absolute Gasteiger partial charge is 0.496 e. The zero-order chi connectivity index (χ0) is 14.7. The number of hydrogen-bond acceptors (Lipinski definition) is 3. The first kappa shape index (κ1) is 13.6. The van der Waals surface area contributed by atoms with Crippen LogP contribution in [0.5, 0.6) is 5.75 Å². The van der Waals surface area contributed by atoms with E-state index in [9.17, 15) is 0 Å². The molecule has 3 aromatic rings. The molecule has 0 aliphatic carbocycles. The molecule has 3 rings (SSSR count). The van der Waals surface area contributed by atoms with Crippen LogP contribution in [0, 0.1) is 0 Å². The molecule has 0 aliphatic rings. The molecule has 1 unspecified atom stereocenters. The first-order valence-corrected chi connectivity index (χ1v) is 7.00. The predicted octanol–water partition coefficient (Wildman–Crippen LogP) is 3.49. The van der Waals surface area contributed by atoms with Crippen molar-refractivity contribution in [2.24, 2.45) is 5.73 Å². The molecule has 21 heavy (non-hydrogen) atoms. The normalized spacial score (nSPS) is 12.3. The lowest BCUT2D eigenvalue weighted by molar-refractivity contribution is 0.408. The number of nitrogens with zero attached hydrogens (tertiary/aromatic N) is 1. The highest BCUT2D eigenvalue weighted by Crippen LogP contribution is 2.25. The SMILES string of the molecule is COc1ccccc1CC(N)c1ccc2cccnc2c1. The van der Waals surface area contributed by atoms with Gasteiger partial charge in [-0.1, -0.05) is 36.4 Å². The Balaban J connectivity index is 1.88. The maximum Gasteiger partial charge on any atom is 0.122 e. The first-order chi connectivity index (χ1) is 10.3. The second-order valence-electron chi connectivity index (χ2n) is 5.08. The molecule has 0 radical (unpaired) electrons. The zero-order valence-corrected chi connectivity index (χ0v) is 12.0. The third kappa shape index (κ3) is 2.88. The molecular weight excluding hydrogens is 260 g/mol. The fraction of sp³-hybridized carbons (Fsp3) is 0.167. The summed E-state index contributed by atoms with van der Waals surface area (Å²) in [7, 11) is 1.68. The van der Waals surface area contributed by atoms with Gasteiger partial charge in [0, 0.05) is 17.6 Å². The van der Waals surface area contributed by atoms with E-state index in [1.165, 1.54) is 0 Å². The van der Waals surface area contributed by atoms with Crippen LogP contribution in [0.25, 0.3) is 10.9 Å². The summed E-state index contributed by atoms with van der Waals surface area (Å²) in [5.41, 5.74) is 9.54. The Hall–Kier alpha value is -2.39. The van der Waals surface area contributed by atoms with E-state index in [-0.39, 0.29) is 6.04 Å². The van der Waals surface area contributed by atoms with Crippen molar-refractivity contribution in [1.82, 2.24) is 4.98 Å². The van der Waals surface area contributed by atoms with Gasteiger partial charge >= 0.3 is 0 Å². The van der Waals surface area contributed by atoms with Gasteiger partial charge in [0.1, 0.15) is 5.75 Å². The van der Waals surface area contributed by atoms with Crippen molar-refractivity contribution in [1.29, 1.82) is 0 Å². The molecule has 0 amide bonds. The molecule has 2 N–H and O–H groups in total. The van der Waals surface area contributed by atoms with Crippen molar-refractivity contribution < 1.29 is 4.74 Å². The van der Waals surface area contributed by atoms with E-state index in [0.717, 1.165) is 34.2 Å². The Morgan fingerprint density at radius 1 is 1.10 bits per heavy atom. The fourth-order valence-corrected chi connectivity index (χ4v) is 2.54. The number of nitrogens with two attached hydrogens (primary N) is 1. The monoisotopic (exact) mass is 278 g/mol. The smallest absolute Gasteiger partial charge is 0.122 e. The highest BCUT2D eigenvalue weighted by molar-refractivity contribution is 5.79. The number of methoxy groups -OCH3 is 1. The van der Waals surface area contributed by atoms with E-state index in [1.54, 1.807) is 13.3 Å². The van der Waals surface area contributed by atoms with Gasteiger partial charge in [-0.05, 0) is 35.7 Å². The van der Waals surface area contributed by atoms with Gasteiger partial charge in [-0.25, -0.2) is 0 Å². The molecule has 2 aromatic carbocycles. The third-order valence-electron chi connectivity index (χ3n) is 3.69. The van der Waals surface area contributed by atoms with Crippen LogP contribution < -0.4 is 10.5 Å². The second kappa shape index (κ2) is 5.94. The summed E-state index contributed by atoms with van der Waals surface area (Å²) in [6, 6.07) is 18.1. The van der Waals surface area contributed by atoms with Crippen LogP contribution in [0.2, 0.25) is 0 Å². The van der Waals surface area contributed by atoms with Gasteiger partial charge in [0.25, 0.3) is 0 Å². The van der Waals surface area contributed by atoms with E-state index in [4.69, 9.17) is 10.5 Å². The van der Waals surface area contributed by atoms with E-state index < -0.39 is 0 Å². The van der Waals surface area contributed by atoms with Crippen molar-refractivity contribution in [2.45, 2.75) is 12.5 Å². The number of para-hydroxylation sites is 1. The molecule has 0 spiro atoms. The lowest BCUT2D eigenvalue weighted by atomic mass is 9.98. The quantitative estimate of drug-likeness (QED) is 0.794. The van der Waals surface area contributed by atoms with Crippen molar-refractivity contribution in [3.05, 3.63) is 71.9 Å². The molecule has 0 bridgehead atoms. The maximum absolute atomic E-state index is 6.36. The van der Waals surface area contributed by atoms with Gasteiger partial charge in [-0.3, -0.25) is 4.98 Å². The molecule has 3 nitrogen and oxygen atoms in total. The summed E-state index contributed by atoms with van der Waals surface area (Å²) >= 11 is 0. The standard InChI is InChI=1S/C18H18N2O/c1-21-18-7-3-2-5-15(18)11-16(19)14-9-8-13-6-4-10-20-17(13)12-14/h2-10,12,16H,11,19H2,1H3. The van der Waals surface area contributed by atoms with Crippen LogP contribution in [0.15, 0.2) is 60.8 Å². The number of rotatable bonds is 4. The third-order valence-corrected chi connectivity index (χ3v) is 3.69. The van der Waals surface area contributed by atoms with Crippen LogP contribution in [0.4, 0.5) is 0 Å². The van der Waals surface area contributed by atoms with Crippen LogP contribution in [-0.4, -0.2) is 12.1 Å². The Kier molecular flexibility index (Phi) is 3.84. The number of aromatic nitrogens is 1. The highest BCUT2D eigenvalue weighted by Gasteiger charge is 2.11. The Labute approximate surface area is 124 Å². The van der Waals surface area contributed by atoms with Crippen LogP contribution in [0.3, 0.4) is 0 Å². The van der Waals surface area contributed by atoms with Gasteiger partial charge < -0.3 is 10.5 Å². The van der Waals surface area contributed by atoms with Crippen molar-refractivity contribution in [3.8, 4) is 5.75 Å². The predicted molar refractivity (Wildman–Crippen MR) is 85.4 cm³/mol. The Morgan fingerprint density at radius 2 is 1.95 bits per heavy atom. The molecule has 0 fully saturated rings. The summed E-state index contributed by atoms with van der Waals surface area (Å²) < 4.78 is 5.38. The molecule has 1 heterocycles. The average Bonchev–Trinajstić information content (AvgIpc) is 2.55. The van der Waals surface area contributed by atoms with Crippen LogP contribution in [-0.2, 0) is 6.42 Å². The minimum absolute atomic E-state index is 0.0762. The van der Waals surface area contributed by atoms with E-state index >= 15 is 0 Å². The van der Waals surface area contributed by atoms with Gasteiger partial charge in [-0.15, -0.1) is 0 Å². The fourth-order valence-electron chi connectivity index (χ4n) is 2.54. The van der Waals surface area contributed by atoms with Crippen LogP contribution in [0.1, 0.15) is 17.2 Å². The van der Waals surface area contributed by atoms with Crippen molar-refractivity contribution in [3.63, 3.8) is 0 Å². The van der Waals surface area contributed by atoms with Gasteiger partial charge in [0.2, 0.25) is 0 Å². The summed E-state index contributed by atoms with van der Waals surface area (Å²) in [6.07, 6.45) is 2.54. The lowest BCUT2D eigenvalue weighted by Gasteiger charge is -2.15. The second-order valence-corrected chi connectivity index (χ2v) is 5.08. The number of ether oxygens (including phenoxy) is 1. The molecule has 3 heteroatoms. The molecule has 1 aromatic heterocycles. The minimum atomic E-state index is -0.0762. The van der Waals surface area contributed by atoms with Crippen molar-refractivity contribution >= 4 is 10.9 Å². The minimum Gasteiger partial charge on any atom is -0.496 e. The molecule has 1 atom stereocenters. The van der Waals surface area contributed by atoms with Crippen molar-refractivity contribution in [2.75, 3.05) is 7.11 Å². The van der Waals surface area contributed by atoms with Gasteiger partial charge in [-0.2, -0.15) is 0 Å². The maximum atomic E-state index is 6.36. The Bertz CT molecular complexity index is 755. The number of hydrogen-bond donors (Lipinski definition) is 1. The lowest BCUT2D eigenvalue weighted by Crippen LogP contribution is -2.13. The van der Waals surface area contributed by atoms with Gasteiger partial charge in [0.05, 0.1) is 12.6 Å². The first-order valence-electron chi connectivity index (χ1n) is 7.00. The van der Waals surface area contributed by atoms with E-state index in [0.29, 0.717) is 0 Å². The molecular formula is C18H18N2O. The summed E-state index contributed by atoms with van der Waals surface area (Å²) in [6.45, 7) is 0. The summed E-state index contributed by atoms with van der Waals surface area (Å²) in [5.74, 6) is 0.881. The number of benzene rings is 2. The summed E-state index contributed by atoms with van der Waals surface area (Å²) in [5, 5.41) is 1.13. The highest BCUT2D eigenvalue weighted by atomic mass is 16.5. The number of fused-ring (bicyclic) bond motifs is 1. The topological polar surface area (TPSA) is 48.1 Å². The zero-order valence-electron chi connectivity index (χ0n) is 12.0. The molecule has 0 saturated carbocycles. The summed E-state index contributed by atoms with van der Waals surface area (Å²) in [4.78, 5) is 4.38. The Morgan fingerprint density at radius 3 is 2.81 bits per heavy atom. The number of pyridine rings is 1. The molecule has 0 aliphatic heterocycles. The van der Waals surface area contributed by atoms with E-state index in [1.807, 2.05) is 24.3 Å². The average molecular weight is 278 g/mol. The van der Waals surface area contributed by atoms with Crippen LogP contribution >= 0.6 is 0 Å². The molecule has 106 valence electrons.